The number of thiophene rings is 1. The van der Waals surface area contributed by atoms with Gasteiger partial charge in [-0.1, -0.05) is 6.92 Å². The largest absolute Gasteiger partial charge is 0.463 e. The van der Waals surface area contributed by atoms with Crippen molar-refractivity contribution in [3.63, 3.8) is 0 Å². The van der Waals surface area contributed by atoms with Crippen molar-refractivity contribution in [3.8, 4) is 6.01 Å². The van der Waals surface area contributed by atoms with Crippen molar-refractivity contribution < 1.29 is 9.53 Å². The van der Waals surface area contributed by atoms with E-state index in [4.69, 9.17) is 4.74 Å². The van der Waals surface area contributed by atoms with Crippen molar-refractivity contribution in [2.24, 2.45) is 5.92 Å². The second-order valence-corrected chi connectivity index (χ2v) is 6.22. The lowest BCUT2D eigenvalue weighted by Gasteiger charge is -2.18. The van der Waals surface area contributed by atoms with Crippen molar-refractivity contribution in [1.82, 2.24) is 15.2 Å². The number of anilines is 1. The Labute approximate surface area is 126 Å². The van der Waals surface area contributed by atoms with Crippen LogP contribution >= 0.6 is 11.3 Å². The maximum atomic E-state index is 12.4. The highest BCUT2D eigenvalue weighted by Gasteiger charge is 2.23. The summed E-state index contributed by atoms with van der Waals surface area (Å²) < 4.78 is 5.16. The van der Waals surface area contributed by atoms with Crippen molar-refractivity contribution in [1.29, 1.82) is 0 Å². The molecule has 1 unspecified atom stereocenters. The number of nitrogens with one attached hydrogen (secondary N) is 2. The number of aromatic nitrogens is 3. The number of carbonyl (C=O) groups is 1. The molecule has 0 spiro atoms. The molecule has 2 aromatic heterocycles. The Morgan fingerprint density at radius 1 is 1.62 bits per heavy atom. The third kappa shape index (κ3) is 2.92. The molecular formula is C14H18N4O2S. The van der Waals surface area contributed by atoms with Gasteiger partial charge in [-0.2, -0.15) is 4.98 Å². The molecule has 1 aliphatic rings. The van der Waals surface area contributed by atoms with E-state index >= 15 is 0 Å². The van der Waals surface area contributed by atoms with Crippen LogP contribution in [-0.4, -0.2) is 27.7 Å². The fourth-order valence-corrected chi connectivity index (χ4v) is 3.78. The van der Waals surface area contributed by atoms with Crippen LogP contribution in [0, 0.1) is 5.92 Å². The lowest BCUT2D eigenvalue weighted by atomic mass is 9.88. The zero-order chi connectivity index (χ0) is 14.8. The van der Waals surface area contributed by atoms with Gasteiger partial charge in [-0.3, -0.25) is 10.1 Å². The molecule has 2 aromatic rings. The molecule has 0 radical (unpaired) electrons. The van der Waals surface area contributed by atoms with E-state index in [2.05, 4.69) is 27.4 Å². The van der Waals surface area contributed by atoms with Crippen LogP contribution in [0.4, 0.5) is 5.95 Å². The summed E-state index contributed by atoms with van der Waals surface area (Å²) in [6.45, 7) is 4.60. The topological polar surface area (TPSA) is 79.9 Å². The third-order valence-electron chi connectivity index (χ3n) is 3.62. The van der Waals surface area contributed by atoms with Crippen LogP contribution in [0.15, 0.2) is 5.38 Å². The van der Waals surface area contributed by atoms with Gasteiger partial charge in [0.25, 0.3) is 5.91 Å². The van der Waals surface area contributed by atoms with Gasteiger partial charge >= 0.3 is 6.01 Å². The second kappa shape index (κ2) is 5.85. The van der Waals surface area contributed by atoms with Crippen LogP contribution in [0.5, 0.6) is 6.01 Å². The number of fused-ring (bicyclic) bond motifs is 1. The molecule has 0 saturated heterocycles. The smallest absolute Gasteiger partial charge is 0.337 e. The van der Waals surface area contributed by atoms with E-state index in [0.29, 0.717) is 18.5 Å². The lowest BCUT2D eigenvalue weighted by molar-refractivity contribution is 0.102. The summed E-state index contributed by atoms with van der Waals surface area (Å²) >= 11 is 1.68. The first-order valence-electron chi connectivity index (χ1n) is 7.13. The maximum absolute atomic E-state index is 12.4. The average Bonchev–Trinajstić information content (AvgIpc) is 3.05. The average molecular weight is 306 g/mol. The van der Waals surface area contributed by atoms with Gasteiger partial charge in [0.15, 0.2) is 0 Å². The van der Waals surface area contributed by atoms with E-state index in [1.807, 2.05) is 12.3 Å². The molecule has 3 rings (SSSR count). The summed E-state index contributed by atoms with van der Waals surface area (Å²) in [5.41, 5.74) is 1.96. The number of H-pyrrole nitrogens is 1. The number of hydrogen-bond acceptors (Lipinski definition) is 5. The predicted octanol–water partition coefficient (Wildman–Crippen LogP) is 2.64. The summed E-state index contributed by atoms with van der Waals surface area (Å²) in [4.78, 5) is 17.8. The second-order valence-electron chi connectivity index (χ2n) is 5.25. The van der Waals surface area contributed by atoms with Crippen LogP contribution < -0.4 is 10.1 Å². The molecule has 21 heavy (non-hydrogen) atoms. The van der Waals surface area contributed by atoms with Gasteiger partial charge in [0.1, 0.15) is 0 Å². The van der Waals surface area contributed by atoms with Crippen molar-refractivity contribution in [3.05, 3.63) is 21.4 Å². The van der Waals surface area contributed by atoms with Crippen LogP contribution in [0.3, 0.4) is 0 Å². The van der Waals surface area contributed by atoms with E-state index < -0.39 is 0 Å². The SMILES string of the molecule is CCOc1n[nH]c(NC(=O)c2csc3c2CCC(C)C3)n1. The van der Waals surface area contributed by atoms with E-state index in [0.717, 1.165) is 24.8 Å². The third-order valence-corrected chi connectivity index (χ3v) is 4.67. The molecule has 0 fully saturated rings. The summed E-state index contributed by atoms with van der Waals surface area (Å²) in [5.74, 6) is 0.879. The first-order chi connectivity index (χ1) is 10.2. The normalized spacial score (nSPS) is 17.3. The van der Waals surface area contributed by atoms with Crippen LogP contribution in [0.1, 0.15) is 41.1 Å². The molecule has 0 bridgehead atoms. The Morgan fingerprint density at radius 3 is 3.29 bits per heavy atom. The number of nitrogens with zero attached hydrogens (tertiary/aromatic N) is 2. The van der Waals surface area contributed by atoms with Crippen LogP contribution in [0.25, 0.3) is 0 Å². The minimum atomic E-state index is -0.138. The van der Waals surface area contributed by atoms with E-state index in [1.54, 1.807) is 11.3 Å². The zero-order valence-electron chi connectivity index (χ0n) is 12.1. The fourth-order valence-electron chi connectivity index (χ4n) is 2.54. The van der Waals surface area contributed by atoms with Gasteiger partial charge < -0.3 is 4.74 Å². The predicted molar refractivity (Wildman–Crippen MR) is 81.0 cm³/mol. The number of rotatable bonds is 4. The number of carbonyl (C=O) groups excluding carboxylic acids is 1. The Hall–Kier alpha value is -1.89. The molecule has 1 atom stereocenters. The molecule has 7 heteroatoms. The number of aromatic amines is 1. The van der Waals surface area contributed by atoms with E-state index in [-0.39, 0.29) is 11.9 Å². The Balaban J connectivity index is 1.73. The van der Waals surface area contributed by atoms with Crippen molar-refractivity contribution in [2.45, 2.75) is 33.1 Å². The minimum absolute atomic E-state index is 0.138. The molecule has 6 nitrogen and oxygen atoms in total. The van der Waals surface area contributed by atoms with Gasteiger partial charge in [-0.15, -0.1) is 16.4 Å². The zero-order valence-corrected chi connectivity index (χ0v) is 12.9. The fraction of sp³-hybridized carbons (Fsp3) is 0.500. The highest BCUT2D eigenvalue weighted by atomic mass is 32.1. The summed E-state index contributed by atoms with van der Waals surface area (Å²) in [5, 5.41) is 11.2. The first kappa shape index (κ1) is 14.1. The van der Waals surface area contributed by atoms with Gasteiger partial charge in [0.2, 0.25) is 5.95 Å². The molecule has 1 aliphatic carbocycles. The number of amides is 1. The first-order valence-corrected chi connectivity index (χ1v) is 8.01. The highest BCUT2D eigenvalue weighted by molar-refractivity contribution is 7.10. The molecule has 0 aliphatic heterocycles. The molecular weight excluding hydrogens is 288 g/mol. The molecule has 0 aromatic carbocycles. The van der Waals surface area contributed by atoms with Gasteiger partial charge in [-0.25, -0.2) is 5.10 Å². The van der Waals surface area contributed by atoms with Crippen molar-refractivity contribution in [2.75, 3.05) is 11.9 Å². The van der Waals surface area contributed by atoms with Crippen LogP contribution in [-0.2, 0) is 12.8 Å². The van der Waals surface area contributed by atoms with Gasteiger partial charge in [0, 0.05) is 10.3 Å². The van der Waals surface area contributed by atoms with Gasteiger partial charge in [0.05, 0.1) is 12.2 Å². The minimum Gasteiger partial charge on any atom is -0.463 e. The number of hydrogen-bond donors (Lipinski definition) is 2. The Bertz CT molecular complexity index is 649. The molecule has 2 heterocycles. The van der Waals surface area contributed by atoms with Gasteiger partial charge in [-0.05, 0) is 37.7 Å². The molecule has 1 amide bonds. The summed E-state index contributed by atoms with van der Waals surface area (Å²) in [6.07, 6.45) is 3.19. The molecule has 112 valence electrons. The maximum Gasteiger partial charge on any atom is 0.337 e. The van der Waals surface area contributed by atoms with Crippen molar-refractivity contribution >= 4 is 23.2 Å². The molecule has 0 saturated carbocycles. The Morgan fingerprint density at radius 2 is 2.48 bits per heavy atom. The lowest BCUT2D eigenvalue weighted by Crippen LogP contribution is -2.17. The van der Waals surface area contributed by atoms with E-state index in [9.17, 15) is 4.79 Å². The monoisotopic (exact) mass is 306 g/mol. The molecule has 2 N–H and O–H groups in total. The standard InChI is InChI=1S/C14H18N4O2S/c1-3-20-14-16-13(17-18-14)15-12(19)10-7-21-11-6-8(2)4-5-9(10)11/h7-8H,3-6H2,1-2H3,(H2,15,16,17,18,19). The summed E-state index contributed by atoms with van der Waals surface area (Å²) in [6, 6.07) is 0.244. The summed E-state index contributed by atoms with van der Waals surface area (Å²) in [7, 11) is 0. The van der Waals surface area contributed by atoms with E-state index in [1.165, 1.54) is 10.4 Å². The Kier molecular flexibility index (Phi) is 3.92. The number of ether oxygens (including phenoxy) is 1. The highest BCUT2D eigenvalue weighted by Crippen LogP contribution is 2.33. The quantitative estimate of drug-likeness (QED) is 0.910. The van der Waals surface area contributed by atoms with Crippen LogP contribution in [0.2, 0.25) is 0 Å².